The summed E-state index contributed by atoms with van der Waals surface area (Å²) in [6.07, 6.45) is 14.3. The number of thiophene rings is 1. The molecule has 9 nitrogen and oxygen atoms in total. The molecule has 0 atom stereocenters. The second-order valence-electron chi connectivity index (χ2n) is 8.68. The molecule has 0 aliphatic heterocycles. The number of anilines is 2. The molecular weight excluding hydrogens is 470 g/mol. The number of aryl methyl sites for hydroxylation is 2. The van der Waals surface area contributed by atoms with E-state index in [0.29, 0.717) is 26.2 Å². The predicted molar refractivity (Wildman–Crippen MR) is 135 cm³/mol. The first-order valence-electron chi connectivity index (χ1n) is 11.1. The van der Waals surface area contributed by atoms with Gasteiger partial charge in [0.1, 0.15) is 4.21 Å². The highest BCUT2D eigenvalue weighted by Gasteiger charge is 2.24. The van der Waals surface area contributed by atoms with Crippen molar-refractivity contribution in [2.24, 2.45) is 7.05 Å². The first-order chi connectivity index (χ1) is 16.2. The van der Waals surface area contributed by atoms with Gasteiger partial charge in [0.2, 0.25) is 0 Å². The number of nitrogens with one attached hydrogen (secondary N) is 1. The number of allylic oxidation sites excluding steroid dienone is 2. The van der Waals surface area contributed by atoms with Crippen LogP contribution in [-0.4, -0.2) is 51.0 Å². The Hall–Kier alpha value is -3.02. The van der Waals surface area contributed by atoms with Gasteiger partial charge in [-0.3, -0.25) is 9.08 Å². The van der Waals surface area contributed by atoms with Crippen LogP contribution in [0, 0.1) is 6.92 Å². The molecule has 178 valence electrons. The van der Waals surface area contributed by atoms with Crippen LogP contribution in [0.5, 0.6) is 0 Å². The highest BCUT2D eigenvalue weighted by Crippen LogP contribution is 2.36. The zero-order valence-corrected chi connectivity index (χ0v) is 21.2. The number of hydrogen-bond donors (Lipinski definition) is 1. The van der Waals surface area contributed by atoms with Crippen LogP contribution < -0.4 is 5.32 Å². The number of hydrogen-bond acceptors (Lipinski definition) is 7. The Bertz CT molecular complexity index is 1510. The van der Waals surface area contributed by atoms with Gasteiger partial charge in [-0.15, -0.1) is 11.3 Å². The van der Waals surface area contributed by atoms with Gasteiger partial charge in [0.15, 0.2) is 11.5 Å². The molecule has 0 unspecified atom stereocenters. The summed E-state index contributed by atoms with van der Waals surface area (Å²) in [6, 6.07) is 1.84. The van der Waals surface area contributed by atoms with Crippen molar-refractivity contribution < 1.29 is 8.42 Å². The molecule has 0 radical (unpaired) electrons. The van der Waals surface area contributed by atoms with Gasteiger partial charge in [-0.05, 0) is 49.8 Å². The van der Waals surface area contributed by atoms with Gasteiger partial charge in [-0.25, -0.2) is 22.7 Å². The van der Waals surface area contributed by atoms with Gasteiger partial charge in [0, 0.05) is 39.1 Å². The summed E-state index contributed by atoms with van der Waals surface area (Å²) in [5, 5.41) is 8.37. The minimum Gasteiger partial charge on any atom is -0.329 e. The minimum absolute atomic E-state index is 0.321. The fourth-order valence-corrected chi connectivity index (χ4v) is 6.87. The summed E-state index contributed by atoms with van der Waals surface area (Å²) in [5.41, 5.74) is 5.36. The zero-order chi connectivity index (χ0) is 24.0. The van der Waals surface area contributed by atoms with Crippen LogP contribution in [0.3, 0.4) is 0 Å². The van der Waals surface area contributed by atoms with Crippen molar-refractivity contribution in [1.29, 1.82) is 0 Å². The fraction of sp³-hybridized carbons (Fsp3) is 0.348. The maximum absolute atomic E-state index is 12.7. The predicted octanol–water partition coefficient (Wildman–Crippen LogP) is 4.45. The lowest BCUT2D eigenvalue weighted by atomic mass is 9.97. The van der Waals surface area contributed by atoms with E-state index < -0.39 is 10.0 Å². The second kappa shape index (κ2) is 8.64. The molecule has 5 rings (SSSR count). The highest BCUT2D eigenvalue weighted by atomic mass is 32.2. The fourth-order valence-electron chi connectivity index (χ4n) is 4.13. The van der Waals surface area contributed by atoms with Crippen LogP contribution >= 0.6 is 11.3 Å². The van der Waals surface area contributed by atoms with Crippen molar-refractivity contribution in [3.63, 3.8) is 0 Å². The SMILES string of the molecule is Cc1cc(Nc2nc(C3=CCCCC3)cn3c(-c4cnn(C)c4)cnc23)sc1S(=O)(=O)N(C)C. The van der Waals surface area contributed by atoms with E-state index in [-0.39, 0.29) is 0 Å². The summed E-state index contributed by atoms with van der Waals surface area (Å²) >= 11 is 1.20. The third-order valence-corrected chi connectivity index (χ3v) is 9.52. The van der Waals surface area contributed by atoms with Crippen molar-refractivity contribution in [1.82, 2.24) is 28.5 Å². The molecule has 0 saturated heterocycles. The number of aromatic nitrogens is 5. The van der Waals surface area contributed by atoms with Crippen LogP contribution in [0.25, 0.3) is 22.5 Å². The van der Waals surface area contributed by atoms with Crippen molar-refractivity contribution >= 4 is 43.4 Å². The third kappa shape index (κ3) is 4.04. The maximum atomic E-state index is 12.7. The summed E-state index contributed by atoms with van der Waals surface area (Å²) < 4.78 is 30.8. The van der Waals surface area contributed by atoms with Crippen molar-refractivity contribution in [2.75, 3.05) is 19.4 Å². The van der Waals surface area contributed by atoms with Crippen LogP contribution in [0.15, 0.2) is 41.1 Å². The molecule has 0 aromatic carbocycles. The van der Waals surface area contributed by atoms with Crippen LogP contribution in [0.2, 0.25) is 0 Å². The first kappa shape index (κ1) is 22.8. The van der Waals surface area contributed by atoms with Crippen molar-refractivity contribution in [3.05, 3.63) is 48.2 Å². The lowest BCUT2D eigenvalue weighted by Crippen LogP contribution is -2.21. The lowest BCUT2D eigenvalue weighted by molar-refractivity contribution is 0.522. The minimum atomic E-state index is -3.52. The summed E-state index contributed by atoms with van der Waals surface area (Å²) in [5.74, 6) is 0.592. The van der Waals surface area contributed by atoms with Gasteiger partial charge in [0.05, 0.1) is 28.8 Å². The van der Waals surface area contributed by atoms with Crippen LogP contribution in [0.1, 0.15) is 36.9 Å². The van der Waals surface area contributed by atoms with Gasteiger partial charge in [-0.2, -0.15) is 5.10 Å². The lowest BCUT2D eigenvalue weighted by Gasteiger charge is -2.15. The number of sulfonamides is 1. The van der Waals surface area contributed by atoms with Crippen LogP contribution in [0.4, 0.5) is 10.8 Å². The topological polar surface area (TPSA) is 97.4 Å². The van der Waals surface area contributed by atoms with E-state index in [2.05, 4.69) is 21.5 Å². The Morgan fingerprint density at radius 1 is 1.18 bits per heavy atom. The summed E-state index contributed by atoms with van der Waals surface area (Å²) in [4.78, 5) is 9.58. The molecule has 34 heavy (non-hydrogen) atoms. The number of nitrogens with zero attached hydrogens (tertiary/aromatic N) is 6. The zero-order valence-electron chi connectivity index (χ0n) is 19.6. The second-order valence-corrected chi connectivity index (χ2v) is 12.1. The highest BCUT2D eigenvalue weighted by molar-refractivity contribution is 7.91. The van der Waals surface area contributed by atoms with E-state index in [9.17, 15) is 8.42 Å². The van der Waals surface area contributed by atoms with Gasteiger partial charge < -0.3 is 5.32 Å². The first-order valence-corrected chi connectivity index (χ1v) is 13.4. The molecule has 1 N–H and O–H groups in total. The van der Waals surface area contributed by atoms with Crippen LogP contribution in [-0.2, 0) is 17.1 Å². The molecule has 0 spiro atoms. The summed E-state index contributed by atoms with van der Waals surface area (Å²) in [6.45, 7) is 1.81. The van der Waals surface area contributed by atoms with Gasteiger partial charge in [0.25, 0.3) is 10.0 Å². The Balaban J connectivity index is 1.63. The molecule has 4 aromatic rings. The quantitative estimate of drug-likeness (QED) is 0.423. The van der Waals surface area contributed by atoms with E-state index in [1.54, 1.807) is 25.7 Å². The Morgan fingerprint density at radius 3 is 2.68 bits per heavy atom. The number of fused-ring (bicyclic) bond motifs is 1. The molecular formula is C23H27N7O2S2. The van der Waals surface area contributed by atoms with E-state index in [1.165, 1.54) is 27.6 Å². The molecule has 1 aliphatic rings. The van der Waals surface area contributed by atoms with E-state index in [4.69, 9.17) is 4.98 Å². The Labute approximate surface area is 202 Å². The molecule has 0 amide bonds. The third-order valence-electron chi connectivity index (χ3n) is 5.94. The standard InChI is InChI=1S/C23H27N7O2S2/c1-15-10-20(33-23(15)34(31,32)28(2)3)27-21-22-24-12-19(17-11-25-29(4)13-17)30(22)14-18(26-21)16-8-6-5-7-9-16/h8,10-14H,5-7,9H2,1-4H3,(H,26,27). The number of imidazole rings is 1. The monoisotopic (exact) mass is 497 g/mol. The average Bonchev–Trinajstić information content (AvgIpc) is 3.52. The average molecular weight is 498 g/mol. The molecule has 11 heteroatoms. The van der Waals surface area contributed by atoms with E-state index in [1.807, 2.05) is 42.3 Å². The molecule has 1 aliphatic carbocycles. The summed E-state index contributed by atoms with van der Waals surface area (Å²) in [7, 11) is 1.44. The molecule has 4 heterocycles. The molecule has 0 saturated carbocycles. The normalized spacial score (nSPS) is 14.7. The van der Waals surface area contributed by atoms with Gasteiger partial charge >= 0.3 is 0 Å². The molecule has 4 aromatic heterocycles. The molecule has 0 bridgehead atoms. The van der Waals surface area contributed by atoms with E-state index in [0.717, 1.165) is 36.2 Å². The molecule has 0 fully saturated rings. The van der Waals surface area contributed by atoms with Gasteiger partial charge in [-0.1, -0.05) is 6.08 Å². The number of rotatable bonds is 6. The Kier molecular flexibility index (Phi) is 5.78. The maximum Gasteiger partial charge on any atom is 0.252 e. The van der Waals surface area contributed by atoms with E-state index >= 15 is 0 Å². The Morgan fingerprint density at radius 2 is 2.00 bits per heavy atom. The smallest absolute Gasteiger partial charge is 0.252 e. The van der Waals surface area contributed by atoms with Crippen molar-refractivity contribution in [2.45, 2.75) is 36.8 Å². The largest absolute Gasteiger partial charge is 0.329 e. The van der Waals surface area contributed by atoms with Crippen molar-refractivity contribution in [3.8, 4) is 11.3 Å².